The van der Waals surface area contributed by atoms with Crippen molar-refractivity contribution in [3.05, 3.63) is 74.4 Å². The molecule has 0 saturated heterocycles. The fourth-order valence-corrected chi connectivity index (χ4v) is 2.69. The Morgan fingerprint density at radius 3 is 1.89 bits per heavy atom. The Bertz CT molecular complexity index is 692. The number of benzene rings is 2. The van der Waals surface area contributed by atoms with Crippen molar-refractivity contribution >= 4 is 40.2 Å². The van der Waals surface area contributed by atoms with Crippen molar-refractivity contribution in [2.45, 2.75) is 0 Å². The zero-order valence-corrected chi connectivity index (χ0v) is 12.0. The van der Waals surface area contributed by atoms with Crippen LogP contribution in [0.5, 0.6) is 0 Å². The van der Waals surface area contributed by atoms with Gasteiger partial charge in [-0.2, -0.15) is 0 Å². The van der Waals surface area contributed by atoms with Gasteiger partial charge in [0.05, 0.1) is 5.57 Å². The van der Waals surface area contributed by atoms with Crippen LogP contribution in [0, 0.1) is 3.57 Å². The second kappa shape index (κ2) is 4.74. The molecule has 0 atom stereocenters. The van der Waals surface area contributed by atoms with Gasteiger partial charge in [0.25, 0.3) is 0 Å². The Balaban J connectivity index is 2.13. The van der Waals surface area contributed by atoms with Crippen LogP contribution in [0.3, 0.4) is 0 Å². The molecule has 0 bridgehead atoms. The summed E-state index contributed by atoms with van der Waals surface area (Å²) in [6.45, 7) is 0. The summed E-state index contributed by atoms with van der Waals surface area (Å²) in [7, 11) is 0. The molecule has 0 radical (unpaired) electrons. The first-order chi connectivity index (χ1) is 9.18. The van der Waals surface area contributed by atoms with Gasteiger partial charge < -0.3 is 0 Å². The molecule has 3 rings (SSSR count). The van der Waals surface area contributed by atoms with Gasteiger partial charge in [-0.3, -0.25) is 9.59 Å². The number of carbonyl (C=O) groups is 2. The maximum Gasteiger partial charge on any atom is 0.197 e. The normalized spacial score (nSPS) is 13.6. The van der Waals surface area contributed by atoms with Crippen molar-refractivity contribution in [1.82, 2.24) is 0 Å². The highest BCUT2D eigenvalue weighted by atomic mass is 127. The third-order valence-electron chi connectivity index (χ3n) is 3.11. The number of hydrogen-bond acceptors (Lipinski definition) is 2. The van der Waals surface area contributed by atoms with Gasteiger partial charge in [-0.15, -0.1) is 0 Å². The molecule has 0 aromatic heterocycles. The zero-order valence-electron chi connectivity index (χ0n) is 9.89. The molecular formula is C16H9IO2. The van der Waals surface area contributed by atoms with Crippen LogP contribution in [-0.4, -0.2) is 11.6 Å². The predicted molar refractivity (Wildman–Crippen MR) is 82.2 cm³/mol. The molecule has 0 fully saturated rings. The van der Waals surface area contributed by atoms with Crippen LogP contribution in [0.1, 0.15) is 26.3 Å². The van der Waals surface area contributed by atoms with Crippen molar-refractivity contribution in [3.8, 4) is 0 Å². The highest BCUT2D eigenvalue weighted by Gasteiger charge is 2.32. The molecular weight excluding hydrogens is 351 g/mol. The largest absolute Gasteiger partial charge is 0.288 e. The second-order valence-corrected chi connectivity index (χ2v) is 5.45. The van der Waals surface area contributed by atoms with Gasteiger partial charge in [-0.25, -0.2) is 0 Å². The van der Waals surface area contributed by atoms with E-state index in [9.17, 15) is 9.59 Å². The SMILES string of the molecule is O=C1C(=Cc2ccccc2I)C(=O)c2ccccc21. The summed E-state index contributed by atoms with van der Waals surface area (Å²) >= 11 is 2.19. The van der Waals surface area contributed by atoms with E-state index < -0.39 is 0 Å². The molecule has 1 aliphatic carbocycles. The lowest BCUT2D eigenvalue weighted by molar-refractivity contribution is 0.0990. The van der Waals surface area contributed by atoms with Crippen LogP contribution < -0.4 is 0 Å². The van der Waals surface area contributed by atoms with Gasteiger partial charge in [-0.1, -0.05) is 42.5 Å². The van der Waals surface area contributed by atoms with Crippen LogP contribution in [0.15, 0.2) is 54.1 Å². The Hall–Kier alpha value is -1.75. The lowest BCUT2D eigenvalue weighted by Crippen LogP contribution is -2.00. The van der Waals surface area contributed by atoms with E-state index in [1.807, 2.05) is 24.3 Å². The van der Waals surface area contributed by atoms with Crippen LogP contribution >= 0.6 is 22.6 Å². The number of ketones is 2. The van der Waals surface area contributed by atoms with E-state index in [2.05, 4.69) is 22.6 Å². The first kappa shape index (κ1) is 12.3. The molecule has 0 aliphatic heterocycles. The van der Waals surface area contributed by atoms with Gasteiger partial charge in [-0.05, 0) is 40.3 Å². The molecule has 2 aromatic carbocycles. The van der Waals surface area contributed by atoms with Crippen LogP contribution in [-0.2, 0) is 0 Å². The lowest BCUT2D eigenvalue weighted by Gasteiger charge is -1.99. The highest BCUT2D eigenvalue weighted by Crippen LogP contribution is 2.28. The molecule has 3 heteroatoms. The van der Waals surface area contributed by atoms with Crippen LogP contribution in [0.4, 0.5) is 0 Å². The number of allylic oxidation sites excluding steroid dienone is 1. The summed E-state index contributed by atoms with van der Waals surface area (Å²) in [4.78, 5) is 24.5. The summed E-state index contributed by atoms with van der Waals surface area (Å²) in [5.74, 6) is -0.361. The first-order valence-electron chi connectivity index (χ1n) is 5.83. The number of fused-ring (bicyclic) bond motifs is 1. The third-order valence-corrected chi connectivity index (χ3v) is 4.09. The van der Waals surface area contributed by atoms with Gasteiger partial charge >= 0.3 is 0 Å². The summed E-state index contributed by atoms with van der Waals surface area (Å²) in [5, 5.41) is 0. The van der Waals surface area contributed by atoms with Crippen molar-refractivity contribution < 1.29 is 9.59 Å². The van der Waals surface area contributed by atoms with E-state index in [1.54, 1.807) is 30.3 Å². The standard InChI is InChI=1S/C16H9IO2/c17-14-8-4-1-5-10(14)9-13-15(18)11-6-2-3-7-12(11)16(13)19/h1-9H. The predicted octanol–water partition coefficient (Wildman–Crippen LogP) is 3.75. The number of hydrogen-bond donors (Lipinski definition) is 0. The van der Waals surface area contributed by atoms with E-state index >= 15 is 0 Å². The summed E-state index contributed by atoms with van der Waals surface area (Å²) in [6.07, 6.45) is 1.69. The minimum absolute atomic E-state index is 0.180. The maximum atomic E-state index is 12.2. The highest BCUT2D eigenvalue weighted by molar-refractivity contribution is 14.1. The molecule has 0 unspecified atom stereocenters. The molecule has 1 aliphatic rings. The Morgan fingerprint density at radius 1 is 0.789 bits per heavy atom. The topological polar surface area (TPSA) is 34.1 Å². The second-order valence-electron chi connectivity index (χ2n) is 4.28. The average molecular weight is 360 g/mol. The molecule has 0 amide bonds. The van der Waals surface area contributed by atoms with Gasteiger partial charge in [0.2, 0.25) is 0 Å². The smallest absolute Gasteiger partial charge is 0.197 e. The number of Topliss-reactive ketones (excluding diaryl/α,β-unsaturated/α-hetero) is 2. The summed E-state index contributed by atoms with van der Waals surface area (Å²) in [5.41, 5.74) is 2.16. The van der Waals surface area contributed by atoms with Crippen molar-refractivity contribution in [2.24, 2.45) is 0 Å². The number of carbonyl (C=O) groups excluding carboxylic acids is 2. The number of rotatable bonds is 1. The van der Waals surface area contributed by atoms with Gasteiger partial charge in [0, 0.05) is 14.7 Å². The molecule has 0 N–H and O–H groups in total. The maximum absolute atomic E-state index is 12.2. The molecule has 2 nitrogen and oxygen atoms in total. The van der Waals surface area contributed by atoms with E-state index in [0.717, 1.165) is 9.13 Å². The fraction of sp³-hybridized carbons (Fsp3) is 0. The molecule has 0 saturated carbocycles. The van der Waals surface area contributed by atoms with Crippen LogP contribution in [0.25, 0.3) is 6.08 Å². The first-order valence-corrected chi connectivity index (χ1v) is 6.91. The fourth-order valence-electron chi connectivity index (χ4n) is 2.15. The molecule has 92 valence electrons. The minimum atomic E-state index is -0.180. The zero-order chi connectivity index (χ0) is 13.4. The monoisotopic (exact) mass is 360 g/mol. The molecule has 19 heavy (non-hydrogen) atoms. The van der Waals surface area contributed by atoms with Crippen LogP contribution in [0.2, 0.25) is 0 Å². The van der Waals surface area contributed by atoms with Crippen molar-refractivity contribution in [3.63, 3.8) is 0 Å². The minimum Gasteiger partial charge on any atom is -0.288 e. The Labute approximate surface area is 124 Å². The molecule has 0 spiro atoms. The summed E-state index contributed by atoms with van der Waals surface area (Å²) in [6, 6.07) is 14.6. The van der Waals surface area contributed by atoms with Crippen molar-refractivity contribution in [2.75, 3.05) is 0 Å². The quantitative estimate of drug-likeness (QED) is 0.441. The van der Waals surface area contributed by atoms with Gasteiger partial charge in [0.1, 0.15) is 0 Å². The Kier molecular flexibility index (Phi) is 3.06. The van der Waals surface area contributed by atoms with E-state index in [-0.39, 0.29) is 17.1 Å². The van der Waals surface area contributed by atoms with Crippen molar-refractivity contribution in [1.29, 1.82) is 0 Å². The Morgan fingerprint density at radius 2 is 1.32 bits per heavy atom. The number of halogens is 1. The molecule has 2 aromatic rings. The van der Waals surface area contributed by atoms with E-state index in [1.165, 1.54) is 0 Å². The summed E-state index contributed by atoms with van der Waals surface area (Å²) < 4.78 is 1.02. The van der Waals surface area contributed by atoms with Gasteiger partial charge in [0.15, 0.2) is 11.6 Å². The lowest BCUT2D eigenvalue weighted by atomic mass is 10.1. The average Bonchev–Trinajstić information content (AvgIpc) is 2.67. The molecule has 0 heterocycles. The third kappa shape index (κ3) is 2.04. The van der Waals surface area contributed by atoms with E-state index in [0.29, 0.717) is 11.1 Å². The van der Waals surface area contributed by atoms with E-state index in [4.69, 9.17) is 0 Å².